The van der Waals surface area contributed by atoms with E-state index in [0.717, 1.165) is 38.4 Å². The fourth-order valence-electron chi connectivity index (χ4n) is 3.81. The number of aromatic nitrogens is 1. The Morgan fingerprint density at radius 3 is 2.52 bits per heavy atom. The Hall–Kier alpha value is -2.16. The Kier molecular flexibility index (Phi) is 8.37. The van der Waals surface area contributed by atoms with Gasteiger partial charge in [0.25, 0.3) is 0 Å². The van der Waals surface area contributed by atoms with E-state index in [-0.39, 0.29) is 25.6 Å². The third kappa shape index (κ3) is 6.46. The number of aliphatic hydroxyl groups is 2. The molecule has 1 aliphatic rings. The number of benzene rings is 1. The molecule has 1 aliphatic carbocycles. The largest absolute Gasteiger partial charge is 0.491 e. The highest BCUT2D eigenvalue weighted by Gasteiger charge is 2.34. The van der Waals surface area contributed by atoms with Gasteiger partial charge in [0.1, 0.15) is 17.4 Å². The summed E-state index contributed by atoms with van der Waals surface area (Å²) in [6.07, 6.45) is -0.810. The van der Waals surface area contributed by atoms with E-state index < -0.39 is 17.9 Å². The van der Waals surface area contributed by atoms with E-state index in [9.17, 15) is 18.3 Å². The van der Waals surface area contributed by atoms with Crippen LogP contribution in [0.3, 0.4) is 0 Å². The Morgan fingerprint density at radius 2 is 1.94 bits per heavy atom. The number of ether oxygens (including phenoxy) is 1. The summed E-state index contributed by atoms with van der Waals surface area (Å²) in [4.78, 5) is 5.81. The molecule has 1 atom stereocenters. The summed E-state index contributed by atoms with van der Waals surface area (Å²) < 4.78 is 44.2. The molecule has 1 aromatic carbocycles. The molecule has 1 heterocycles. The van der Waals surface area contributed by atoms with Gasteiger partial charge >= 0.3 is 6.18 Å². The van der Waals surface area contributed by atoms with Crippen LogP contribution in [0, 0.1) is 6.92 Å². The molecule has 0 saturated heterocycles. The van der Waals surface area contributed by atoms with Crippen molar-refractivity contribution in [2.75, 3.05) is 13.2 Å². The maximum atomic E-state index is 12.9. The maximum Gasteiger partial charge on any atom is 0.412 e. The zero-order chi connectivity index (χ0) is 24.2. The number of hydrogen-bond donors (Lipinski definition) is 2. The third-order valence-electron chi connectivity index (χ3n) is 5.64. The number of allylic oxidation sites excluding steroid dienone is 4. The molecule has 0 aliphatic heterocycles. The van der Waals surface area contributed by atoms with Gasteiger partial charge in [-0.3, -0.25) is 0 Å². The second-order valence-corrected chi connectivity index (χ2v) is 9.60. The van der Waals surface area contributed by atoms with Gasteiger partial charge < -0.3 is 14.9 Å². The number of nitrogens with zero attached hydrogens (tertiary/aromatic N) is 1. The monoisotopic (exact) mass is 481 g/mol. The van der Waals surface area contributed by atoms with Crippen LogP contribution in [0.5, 0.6) is 5.75 Å². The molecule has 0 radical (unpaired) electrons. The Labute approximate surface area is 196 Å². The molecule has 1 unspecified atom stereocenters. The predicted molar refractivity (Wildman–Crippen MR) is 125 cm³/mol. The molecule has 1 aromatic heterocycles. The number of thiazole rings is 1. The van der Waals surface area contributed by atoms with Crippen molar-refractivity contribution in [1.29, 1.82) is 0 Å². The van der Waals surface area contributed by atoms with Crippen LogP contribution < -0.4 is 4.74 Å². The summed E-state index contributed by atoms with van der Waals surface area (Å²) in [5.74, 6) is 0.857. The van der Waals surface area contributed by atoms with Gasteiger partial charge in [-0.15, -0.1) is 11.3 Å². The zero-order valence-corrected chi connectivity index (χ0v) is 19.9. The molecule has 2 N–H and O–H groups in total. The highest BCUT2D eigenvalue weighted by atomic mass is 32.1. The average Bonchev–Trinajstić information content (AvgIpc) is 3.21. The van der Waals surface area contributed by atoms with Crippen molar-refractivity contribution < 1.29 is 28.1 Å². The predicted octanol–water partition coefficient (Wildman–Crippen LogP) is 6.28. The van der Waals surface area contributed by atoms with Crippen molar-refractivity contribution in [2.24, 2.45) is 0 Å². The van der Waals surface area contributed by atoms with Gasteiger partial charge in [0.15, 0.2) is 0 Å². The molecule has 8 heteroatoms. The molecular weight excluding hydrogens is 451 g/mol. The Balaban J connectivity index is 1.72. The lowest BCUT2D eigenvalue weighted by molar-refractivity contribution is -0.0939. The summed E-state index contributed by atoms with van der Waals surface area (Å²) >= 11 is 1.51. The fraction of sp³-hybridized carbons (Fsp3) is 0.480. The van der Waals surface area contributed by atoms with Crippen molar-refractivity contribution in [2.45, 2.75) is 64.7 Å². The minimum absolute atomic E-state index is 0.0304. The van der Waals surface area contributed by atoms with Gasteiger partial charge in [-0.05, 0) is 67.4 Å². The van der Waals surface area contributed by atoms with Crippen LogP contribution in [-0.4, -0.2) is 34.6 Å². The van der Waals surface area contributed by atoms with Crippen molar-refractivity contribution in [3.8, 4) is 5.75 Å². The first-order valence-corrected chi connectivity index (χ1v) is 11.9. The molecule has 3 rings (SSSR count). The number of halogens is 3. The molecule has 0 bridgehead atoms. The fourth-order valence-corrected chi connectivity index (χ4v) is 5.10. The smallest absolute Gasteiger partial charge is 0.412 e. The summed E-state index contributed by atoms with van der Waals surface area (Å²) in [7, 11) is 0. The number of hydrogen-bond acceptors (Lipinski definition) is 5. The quantitative estimate of drug-likeness (QED) is 0.443. The third-order valence-corrected chi connectivity index (χ3v) is 6.85. The van der Waals surface area contributed by atoms with Gasteiger partial charge in [-0.1, -0.05) is 32.1 Å². The van der Waals surface area contributed by atoms with E-state index in [1.807, 2.05) is 32.9 Å². The van der Waals surface area contributed by atoms with Gasteiger partial charge in [-0.2, -0.15) is 13.2 Å². The highest BCUT2D eigenvalue weighted by molar-refractivity contribution is 7.12. The summed E-state index contributed by atoms with van der Waals surface area (Å²) in [6.45, 7) is 6.15. The summed E-state index contributed by atoms with van der Waals surface area (Å²) in [5, 5.41) is 20.4. The lowest BCUT2D eigenvalue weighted by Crippen LogP contribution is -2.13. The Bertz CT molecular complexity index is 1020. The van der Waals surface area contributed by atoms with Crippen molar-refractivity contribution in [3.63, 3.8) is 0 Å². The van der Waals surface area contributed by atoms with E-state index in [1.54, 1.807) is 6.07 Å². The number of alkyl halides is 3. The number of aliphatic hydroxyl groups excluding tert-OH is 2. The van der Waals surface area contributed by atoms with Crippen LogP contribution in [0.1, 0.15) is 71.8 Å². The van der Waals surface area contributed by atoms with E-state index in [1.165, 1.54) is 17.4 Å². The molecule has 0 saturated carbocycles. The van der Waals surface area contributed by atoms with Crippen molar-refractivity contribution >= 4 is 16.9 Å². The van der Waals surface area contributed by atoms with Crippen molar-refractivity contribution in [3.05, 3.63) is 62.6 Å². The SMILES string of the molecule is Cc1cc(C(O)CCc2sc(C3=CC=C(C(F)(F)F)CC3)nc2C(C)C)ccc1OCCO. The number of aryl methyl sites for hydroxylation is 2. The maximum absolute atomic E-state index is 12.9. The van der Waals surface area contributed by atoms with Crippen LogP contribution >= 0.6 is 11.3 Å². The standard InChI is InChI=1S/C25H30F3NO3S/c1-15(2)23-22(33-24(29-23)17-4-7-19(8-5-17)25(26,27)28)11-9-20(31)18-6-10-21(16(3)14-18)32-13-12-30/h4,6-7,10,14-15,20,30-31H,5,8-9,11-13H2,1-3H3. The molecule has 0 amide bonds. The first kappa shape index (κ1) is 25.5. The minimum atomic E-state index is -4.28. The Morgan fingerprint density at radius 1 is 1.18 bits per heavy atom. The lowest BCUT2D eigenvalue weighted by atomic mass is 9.98. The van der Waals surface area contributed by atoms with Crippen molar-refractivity contribution in [1.82, 2.24) is 4.98 Å². The van der Waals surface area contributed by atoms with Crippen LogP contribution in [-0.2, 0) is 6.42 Å². The molecule has 180 valence electrons. The minimum Gasteiger partial charge on any atom is -0.491 e. The van der Waals surface area contributed by atoms with E-state index in [4.69, 9.17) is 14.8 Å². The number of rotatable bonds is 9. The summed E-state index contributed by atoms with van der Waals surface area (Å²) in [6, 6.07) is 5.51. The molecule has 2 aromatic rings. The van der Waals surface area contributed by atoms with Gasteiger partial charge in [0.2, 0.25) is 0 Å². The van der Waals surface area contributed by atoms with Crippen LogP contribution in [0.25, 0.3) is 5.57 Å². The van der Waals surface area contributed by atoms with Crippen LogP contribution in [0.15, 0.2) is 35.9 Å². The molecule has 4 nitrogen and oxygen atoms in total. The van der Waals surface area contributed by atoms with Crippen LogP contribution in [0.2, 0.25) is 0 Å². The highest BCUT2D eigenvalue weighted by Crippen LogP contribution is 2.38. The second kappa shape index (κ2) is 10.8. The van der Waals surface area contributed by atoms with E-state index in [2.05, 4.69) is 0 Å². The molecule has 0 spiro atoms. The average molecular weight is 482 g/mol. The molecule has 33 heavy (non-hydrogen) atoms. The first-order valence-electron chi connectivity index (χ1n) is 11.1. The van der Waals surface area contributed by atoms with Gasteiger partial charge in [0.05, 0.1) is 18.4 Å². The normalized spacial score (nSPS) is 15.4. The van der Waals surface area contributed by atoms with E-state index >= 15 is 0 Å². The first-order chi connectivity index (χ1) is 15.6. The lowest BCUT2D eigenvalue weighted by Gasteiger charge is -2.15. The molecular formula is C25H30F3NO3S. The molecule has 0 fully saturated rings. The zero-order valence-electron chi connectivity index (χ0n) is 19.1. The topological polar surface area (TPSA) is 62.6 Å². The van der Waals surface area contributed by atoms with E-state index in [0.29, 0.717) is 25.0 Å². The van der Waals surface area contributed by atoms with Gasteiger partial charge in [0, 0.05) is 10.5 Å². The van der Waals surface area contributed by atoms with Gasteiger partial charge in [-0.25, -0.2) is 4.98 Å². The summed E-state index contributed by atoms with van der Waals surface area (Å²) in [5.41, 5.74) is 2.95. The van der Waals surface area contributed by atoms with Crippen LogP contribution in [0.4, 0.5) is 13.2 Å². The second-order valence-electron chi connectivity index (χ2n) is 8.52.